The number of halogens is 2. The van der Waals surface area contributed by atoms with Crippen LogP contribution in [-0.2, 0) is 0 Å². The molecule has 0 aliphatic rings. The summed E-state index contributed by atoms with van der Waals surface area (Å²) < 4.78 is 12.8. The van der Waals surface area contributed by atoms with Crippen LogP contribution in [0.25, 0.3) is 0 Å². The molecule has 1 heterocycles. The van der Waals surface area contributed by atoms with Gasteiger partial charge in [0.15, 0.2) is 5.13 Å². The highest BCUT2D eigenvalue weighted by atomic mass is 79.9. The fraction of sp³-hybridized carbons (Fsp3) is 0. The van der Waals surface area contributed by atoms with Crippen molar-refractivity contribution in [1.82, 2.24) is 0 Å². The van der Waals surface area contributed by atoms with Crippen molar-refractivity contribution in [3.63, 3.8) is 0 Å². The van der Waals surface area contributed by atoms with Gasteiger partial charge >= 0.3 is 0 Å². The van der Waals surface area contributed by atoms with Gasteiger partial charge in [0.2, 0.25) is 0 Å². The molecular weight excluding hydrogens is 179 g/mol. The molecular formula is C4H2BrFS. The summed E-state index contributed by atoms with van der Waals surface area (Å²) in [5, 5.41) is -0.146. The van der Waals surface area contributed by atoms with Gasteiger partial charge in [0, 0.05) is 0 Å². The normalized spacial score (nSPS) is 9.43. The number of hydrogen-bond acceptors (Lipinski definition) is 1. The lowest BCUT2D eigenvalue weighted by Crippen LogP contribution is -1.43. The van der Waals surface area contributed by atoms with E-state index in [4.69, 9.17) is 0 Å². The van der Waals surface area contributed by atoms with Gasteiger partial charge in [0.05, 0.1) is 3.79 Å². The Hall–Kier alpha value is 0.110. The van der Waals surface area contributed by atoms with Crippen LogP contribution in [0.5, 0.6) is 0 Å². The summed E-state index contributed by atoms with van der Waals surface area (Å²) >= 11 is 4.20. The van der Waals surface area contributed by atoms with E-state index in [0.717, 1.165) is 15.1 Å². The second kappa shape index (κ2) is 1.92. The first-order chi connectivity index (χ1) is 3.29. The largest absolute Gasteiger partial charge is 0.195 e. The van der Waals surface area contributed by atoms with Gasteiger partial charge in [-0.3, -0.25) is 0 Å². The summed E-state index contributed by atoms with van der Waals surface area (Å²) in [5.41, 5.74) is 0. The molecule has 0 unspecified atom stereocenters. The molecule has 0 saturated carbocycles. The predicted molar refractivity (Wildman–Crippen MR) is 32.0 cm³/mol. The average Bonchev–Trinajstić information content (AvgIpc) is 1.87. The standard InChI is InChI=1S/C4H2BrFS/c5-3-1-2-4(6)7-3/h1-2H. The summed E-state index contributed by atoms with van der Waals surface area (Å²) in [6.45, 7) is 0. The lowest BCUT2D eigenvalue weighted by atomic mass is 10.7. The van der Waals surface area contributed by atoms with Gasteiger partial charge in [0.25, 0.3) is 0 Å². The summed E-state index contributed by atoms with van der Waals surface area (Å²) in [7, 11) is 0. The third kappa shape index (κ3) is 1.24. The second-order valence-corrected chi connectivity index (χ2v) is 3.46. The van der Waals surface area contributed by atoms with E-state index in [-0.39, 0.29) is 5.13 Å². The van der Waals surface area contributed by atoms with Crippen molar-refractivity contribution in [1.29, 1.82) is 0 Å². The smallest absolute Gasteiger partial charge is 0.177 e. The first-order valence-electron chi connectivity index (χ1n) is 1.70. The molecule has 0 saturated heterocycles. The summed E-state index contributed by atoms with van der Waals surface area (Å²) in [6.07, 6.45) is 0. The highest BCUT2D eigenvalue weighted by Crippen LogP contribution is 2.19. The lowest BCUT2D eigenvalue weighted by molar-refractivity contribution is 0.657. The van der Waals surface area contributed by atoms with Gasteiger partial charge < -0.3 is 0 Å². The van der Waals surface area contributed by atoms with E-state index < -0.39 is 0 Å². The van der Waals surface area contributed by atoms with Crippen LogP contribution >= 0.6 is 27.3 Å². The van der Waals surface area contributed by atoms with Crippen LogP contribution in [0.3, 0.4) is 0 Å². The van der Waals surface area contributed by atoms with Crippen molar-refractivity contribution < 1.29 is 4.39 Å². The van der Waals surface area contributed by atoms with Crippen molar-refractivity contribution in [2.45, 2.75) is 0 Å². The number of thiophene rings is 1. The van der Waals surface area contributed by atoms with Gasteiger partial charge in [-0.25, -0.2) is 0 Å². The summed E-state index contributed by atoms with van der Waals surface area (Å²) in [6, 6.07) is 3.11. The SMILES string of the molecule is Fc1ccc(Br)s1. The van der Waals surface area contributed by atoms with Gasteiger partial charge in [0.1, 0.15) is 0 Å². The molecule has 0 atom stereocenters. The monoisotopic (exact) mass is 180 g/mol. The van der Waals surface area contributed by atoms with E-state index in [9.17, 15) is 4.39 Å². The van der Waals surface area contributed by atoms with Crippen LogP contribution in [0.15, 0.2) is 15.9 Å². The van der Waals surface area contributed by atoms with Gasteiger partial charge in [-0.1, -0.05) is 11.3 Å². The maximum atomic E-state index is 11.9. The molecule has 0 radical (unpaired) electrons. The summed E-state index contributed by atoms with van der Waals surface area (Å²) in [4.78, 5) is 0. The first kappa shape index (κ1) is 5.25. The number of hydrogen-bond donors (Lipinski definition) is 0. The second-order valence-electron chi connectivity index (χ2n) is 1.04. The van der Waals surface area contributed by atoms with E-state index >= 15 is 0 Å². The molecule has 0 bridgehead atoms. The zero-order valence-electron chi connectivity index (χ0n) is 3.32. The van der Waals surface area contributed by atoms with E-state index in [2.05, 4.69) is 15.9 Å². The first-order valence-corrected chi connectivity index (χ1v) is 3.31. The molecule has 0 aromatic carbocycles. The van der Waals surface area contributed by atoms with Gasteiger partial charge in [-0.2, -0.15) is 4.39 Å². The van der Waals surface area contributed by atoms with Crippen LogP contribution in [0, 0.1) is 5.13 Å². The Morgan fingerprint density at radius 1 is 1.57 bits per heavy atom. The Balaban J connectivity index is 3.04. The van der Waals surface area contributed by atoms with E-state index in [1.54, 1.807) is 6.07 Å². The Morgan fingerprint density at radius 3 is 2.43 bits per heavy atom. The minimum absolute atomic E-state index is 0.146. The van der Waals surface area contributed by atoms with Crippen molar-refractivity contribution in [3.8, 4) is 0 Å². The fourth-order valence-electron chi connectivity index (χ4n) is 0.292. The van der Waals surface area contributed by atoms with Crippen LogP contribution < -0.4 is 0 Å². The quantitative estimate of drug-likeness (QED) is 0.577. The third-order valence-electron chi connectivity index (χ3n) is 0.540. The van der Waals surface area contributed by atoms with Crippen LogP contribution in [-0.4, -0.2) is 0 Å². The molecule has 0 amide bonds. The Morgan fingerprint density at radius 2 is 2.29 bits per heavy atom. The maximum Gasteiger partial charge on any atom is 0.177 e. The maximum absolute atomic E-state index is 11.9. The molecule has 0 N–H and O–H groups in total. The molecule has 0 fully saturated rings. The number of rotatable bonds is 0. The fourth-order valence-corrected chi connectivity index (χ4v) is 1.35. The van der Waals surface area contributed by atoms with Crippen molar-refractivity contribution in [2.75, 3.05) is 0 Å². The van der Waals surface area contributed by atoms with Gasteiger partial charge in [-0.05, 0) is 28.1 Å². The Bertz CT molecular complexity index is 144. The molecule has 38 valence electrons. The van der Waals surface area contributed by atoms with E-state index in [0.29, 0.717) is 0 Å². The molecule has 3 heteroatoms. The van der Waals surface area contributed by atoms with Crippen LogP contribution in [0.4, 0.5) is 4.39 Å². The minimum atomic E-state index is -0.146. The van der Waals surface area contributed by atoms with E-state index in [1.807, 2.05) is 0 Å². The topological polar surface area (TPSA) is 0 Å². The highest BCUT2D eigenvalue weighted by molar-refractivity contribution is 9.11. The molecule has 1 aromatic heterocycles. The van der Waals surface area contributed by atoms with Gasteiger partial charge in [-0.15, -0.1) is 0 Å². The molecule has 1 aromatic rings. The molecule has 0 aliphatic carbocycles. The van der Waals surface area contributed by atoms with Crippen molar-refractivity contribution in [3.05, 3.63) is 21.1 Å². The van der Waals surface area contributed by atoms with Crippen molar-refractivity contribution >= 4 is 27.3 Å². The lowest BCUT2D eigenvalue weighted by Gasteiger charge is -1.66. The average molecular weight is 181 g/mol. The Kier molecular flexibility index (Phi) is 1.44. The molecule has 0 aliphatic heterocycles. The minimum Gasteiger partial charge on any atom is -0.195 e. The molecule has 0 nitrogen and oxygen atoms in total. The molecule has 1 rings (SSSR count). The zero-order chi connectivity index (χ0) is 5.28. The zero-order valence-corrected chi connectivity index (χ0v) is 5.72. The highest BCUT2D eigenvalue weighted by Gasteiger charge is 1.90. The van der Waals surface area contributed by atoms with Crippen molar-refractivity contribution in [2.24, 2.45) is 0 Å². The van der Waals surface area contributed by atoms with Crippen LogP contribution in [0.1, 0.15) is 0 Å². The summed E-state index contributed by atoms with van der Waals surface area (Å²) in [5.74, 6) is 0. The molecule has 7 heavy (non-hydrogen) atoms. The van der Waals surface area contributed by atoms with E-state index in [1.165, 1.54) is 6.07 Å². The van der Waals surface area contributed by atoms with Crippen LogP contribution in [0.2, 0.25) is 0 Å². The third-order valence-corrected chi connectivity index (χ3v) is 1.95. The Labute approximate surface area is 53.1 Å². The molecule has 0 spiro atoms. The predicted octanol–water partition coefficient (Wildman–Crippen LogP) is 2.65.